The summed E-state index contributed by atoms with van der Waals surface area (Å²) in [6.45, 7) is 0.760. The summed E-state index contributed by atoms with van der Waals surface area (Å²) in [4.78, 5) is 57.5. The SMILES string of the molecule is O=C1NC(Cc2ccc(O)cc2)C(=O)N2CCCC2C(=O)NC(Cc2ccc(O)cc2)C(=O)N2CCCC12. The summed E-state index contributed by atoms with van der Waals surface area (Å²) >= 11 is 0. The molecule has 4 atom stereocenters. The van der Waals surface area contributed by atoms with Crippen LogP contribution in [-0.2, 0) is 32.0 Å². The zero-order valence-corrected chi connectivity index (χ0v) is 21.0. The lowest BCUT2D eigenvalue weighted by molar-refractivity contribution is -0.146. The molecule has 5 rings (SSSR count). The second-order valence-electron chi connectivity index (χ2n) is 10.2. The Bertz CT molecular complexity index is 1120. The molecule has 4 N–H and O–H groups in total. The van der Waals surface area contributed by atoms with Crippen LogP contribution in [-0.4, -0.2) is 80.9 Å². The van der Waals surface area contributed by atoms with Gasteiger partial charge in [0.05, 0.1) is 0 Å². The monoisotopic (exact) mass is 520 g/mol. The molecule has 3 fully saturated rings. The first-order valence-electron chi connectivity index (χ1n) is 13.1. The van der Waals surface area contributed by atoms with Gasteiger partial charge in [-0.25, -0.2) is 0 Å². The molecule has 4 unspecified atom stereocenters. The Hall–Kier alpha value is -4.08. The number of phenolic OH excluding ortho intramolecular Hbond substituents is 2. The highest BCUT2D eigenvalue weighted by Crippen LogP contribution is 2.25. The van der Waals surface area contributed by atoms with Crippen molar-refractivity contribution < 1.29 is 29.4 Å². The van der Waals surface area contributed by atoms with Gasteiger partial charge < -0.3 is 30.6 Å². The van der Waals surface area contributed by atoms with E-state index in [-0.39, 0.29) is 48.0 Å². The van der Waals surface area contributed by atoms with Gasteiger partial charge in [0.1, 0.15) is 35.7 Å². The Labute approximate surface area is 220 Å². The molecule has 2 aromatic carbocycles. The number of benzene rings is 2. The normalized spacial score (nSPS) is 26.2. The minimum atomic E-state index is -0.912. The summed E-state index contributed by atoms with van der Waals surface area (Å²) < 4.78 is 0. The topological polar surface area (TPSA) is 139 Å². The van der Waals surface area contributed by atoms with Crippen molar-refractivity contribution in [3.8, 4) is 11.5 Å². The number of nitrogens with one attached hydrogen (secondary N) is 2. The summed E-state index contributed by atoms with van der Waals surface area (Å²) in [5.74, 6) is -1.26. The zero-order chi connectivity index (χ0) is 26.8. The fourth-order valence-electron chi connectivity index (χ4n) is 5.68. The molecule has 2 aromatic rings. The molecular formula is C28H32N4O6. The van der Waals surface area contributed by atoms with Gasteiger partial charge in [0.15, 0.2) is 0 Å². The highest BCUT2D eigenvalue weighted by molar-refractivity contribution is 5.98. The van der Waals surface area contributed by atoms with Gasteiger partial charge in [-0.2, -0.15) is 0 Å². The molecule has 38 heavy (non-hydrogen) atoms. The number of hydrogen-bond acceptors (Lipinski definition) is 6. The highest BCUT2D eigenvalue weighted by Gasteiger charge is 2.43. The molecule has 3 aliphatic heterocycles. The van der Waals surface area contributed by atoms with Crippen LogP contribution in [0.5, 0.6) is 11.5 Å². The number of nitrogens with zero attached hydrogens (tertiary/aromatic N) is 2. The van der Waals surface area contributed by atoms with E-state index < -0.39 is 24.2 Å². The quantitative estimate of drug-likeness (QED) is 0.471. The predicted octanol–water partition coefficient (Wildman–Crippen LogP) is 0.848. The van der Waals surface area contributed by atoms with E-state index >= 15 is 0 Å². The minimum absolute atomic E-state index is 0.0982. The zero-order valence-electron chi connectivity index (χ0n) is 21.0. The third-order valence-corrected chi connectivity index (χ3v) is 7.66. The second kappa shape index (κ2) is 10.7. The largest absolute Gasteiger partial charge is 0.508 e. The number of aromatic hydroxyl groups is 2. The number of carbonyl (C=O) groups is 4. The van der Waals surface area contributed by atoms with E-state index in [1.54, 1.807) is 24.3 Å². The average molecular weight is 521 g/mol. The van der Waals surface area contributed by atoms with Crippen molar-refractivity contribution in [3.05, 3.63) is 59.7 Å². The number of carbonyl (C=O) groups excluding carboxylic acids is 4. The predicted molar refractivity (Wildman–Crippen MR) is 137 cm³/mol. The lowest BCUT2D eigenvalue weighted by atomic mass is 10.0. The van der Waals surface area contributed by atoms with Crippen molar-refractivity contribution in [2.45, 2.75) is 62.7 Å². The average Bonchev–Trinajstić information content (AvgIpc) is 3.59. The van der Waals surface area contributed by atoms with E-state index in [4.69, 9.17) is 0 Å². The summed E-state index contributed by atoms with van der Waals surface area (Å²) in [6, 6.07) is 9.55. The maximum atomic E-state index is 13.7. The van der Waals surface area contributed by atoms with Gasteiger partial charge in [0.2, 0.25) is 23.6 Å². The van der Waals surface area contributed by atoms with Crippen molar-refractivity contribution in [3.63, 3.8) is 0 Å². The van der Waals surface area contributed by atoms with E-state index in [0.29, 0.717) is 38.8 Å². The smallest absolute Gasteiger partial charge is 0.246 e. The molecule has 0 spiro atoms. The van der Waals surface area contributed by atoms with Crippen molar-refractivity contribution in [2.75, 3.05) is 13.1 Å². The molecule has 0 aromatic heterocycles. The van der Waals surface area contributed by atoms with E-state index in [1.807, 2.05) is 0 Å². The number of amides is 4. The van der Waals surface area contributed by atoms with Gasteiger partial charge in [-0.3, -0.25) is 19.2 Å². The van der Waals surface area contributed by atoms with E-state index in [2.05, 4.69) is 10.6 Å². The summed E-state index contributed by atoms with van der Waals surface area (Å²) in [5.41, 5.74) is 1.50. The van der Waals surface area contributed by atoms with Crippen LogP contribution in [0, 0.1) is 0 Å². The number of fused-ring (bicyclic) bond motifs is 2. The molecule has 200 valence electrons. The molecule has 4 amide bonds. The van der Waals surface area contributed by atoms with E-state index in [9.17, 15) is 29.4 Å². The van der Waals surface area contributed by atoms with Gasteiger partial charge in [-0.15, -0.1) is 0 Å². The van der Waals surface area contributed by atoms with Crippen LogP contribution < -0.4 is 10.6 Å². The summed E-state index contributed by atoms with van der Waals surface area (Å²) in [6.07, 6.45) is 2.58. The van der Waals surface area contributed by atoms with Crippen LogP contribution in [0.15, 0.2) is 48.5 Å². The Morgan fingerprint density at radius 3 is 1.37 bits per heavy atom. The lowest BCUT2D eigenvalue weighted by Gasteiger charge is -2.34. The Kier molecular flexibility index (Phi) is 7.22. The van der Waals surface area contributed by atoms with Crippen molar-refractivity contribution in [2.24, 2.45) is 0 Å². The second-order valence-corrected chi connectivity index (χ2v) is 10.2. The molecule has 0 bridgehead atoms. The van der Waals surface area contributed by atoms with Crippen LogP contribution in [0.25, 0.3) is 0 Å². The molecule has 3 saturated heterocycles. The van der Waals surface area contributed by atoms with Crippen LogP contribution in [0.3, 0.4) is 0 Å². The maximum absolute atomic E-state index is 13.7. The molecule has 3 aliphatic rings. The Morgan fingerprint density at radius 2 is 1.00 bits per heavy atom. The Balaban J connectivity index is 1.46. The molecule has 10 heteroatoms. The third-order valence-electron chi connectivity index (χ3n) is 7.66. The van der Waals surface area contributed by atoms with E-state index in [1.165, 1.54) is 34.1 Å². The fourth-order valence-corrected chi connectivity index (χ4v) is 5.68. The molecule has 0 radical (unpaired) electrons. The first kappa shape index (κ1) is 25.6. The first-order chi connectivity index (χ1) is 18.3. The van der Waals surface area contributed by atoms with Crippen LogP contribution in [0.2, 0.25) is 0 Å². The maximum Gasteiger partial charge on any atom is 0.246 e. The van der Waals surface area contributed by atoms with Gasteiger partial charge in [0, 0.05) is 25.9 Å². The molecule has 3 heterocycles. The van der Waals surface area contributed by atoms with Crippen LogP contribution >= 0.6 is 0 Å². The summed E-state index contributed by atoms with van der Waals surface area (Å²) in [7, 11) is 0. The van der Waals surface area contributed by atoms with Crippen LogP contribution in [0.4, 0.5) is 0 Å². The van der Waals surface area contributed by atoms with Crippen LogP contribution in [0.1, 0.15) is 36.8 Å². The molecular weight excluding hydrogens is 488 g/mol. The number of phenols is 2. The van der Waals surface area contributed by atoms with Gasteiger partial charge in [-0.1, -0.05) is 24.3 Å². The number of rotatable bonds is 4. The minimum Gasteiger partial charge on any atom is -0.508 e. The van der Waals surface area contributed by atoms with Crippen molar-refractivity contribution >= 4 is 23.6 Å². The van der Waals surface area contributed by atoms with Gasteiger partial charge in [0.25, 0.3) is 0 Å². The standard InChI is InChI=1S/C28H32N4O6/c33-19-9-5-17(6-10-19)15-21-27(37)31-13-1-3-23(31)25(35)29-22(16-18-7-11-20(34)12-8-18)28(38)32-14-2-4-24(32)26(36)30-21/h5-12,21-24,33-34H,1-4,13-16H2,(H,29,35)(H,30,36). The first-order valence-corrected chi connectivity index (χ1v) is 13.1. The van der Waals surface area contributed by atoms with Crippen molar-refractivity contribution in [1.29, 1.82) is 0 Å². The summed E-state index contributed by atoms with van der Waals surface area (Å²) in [5, 5.41) is 25.1. The molecule has 0 aliphatic carbocycles. The third kappa shape index (κ3) is 5.29. The van der Waals surface area contributed by atoms with Crippen molar-refractivity contribution in [1.82, 2.24) is 20.4 Å². The fraction of sp³-hybridized carbons (Fsp3) is 0.429. The Morgan fingerprint density at radius 1 is 0.632 bits per heavy atom. The lowest BCUT2D eigenvalue weighted by Crippen LogP contribution is -2.61. The molecule has 10 nitrogen and oxygen atoms in total. The van der Waals surface area contributed by atoms with E-state index in [0.717, 1.165) is 11.1 Å². The highest BCUT2D eigenvalue weighted by atomic mass is 16.3. The number of hydrogen-bond donors (Lipinski definition) is 4. The van der Waals surface area contributed by atoms with Gasteiger partial charge in [-0.05, 0) is 61.1 Å². The molecule has 0 saturated carbocycles. The van der Waals surface area contributed by atoms with Gasteiger partial charge >= 0.3 is 0 Å².